The maximum Gasteiger partial charge on any atom is 0.223 e. The third kappa shape index (κ3) is 5.01. The Morgan fingerprint density at radius 2 is 2.19 bits per heavy atom. The number of halogens is 1. The van der Waals surface area contributed by atoms with E-state index in [1.165, 1.54) is 5.56 Å². The van der Waals surface area contributed by atoms with Gasteiger partial charge >= 0.3 is 0 Å². The Balaban J connectivity index is 1.84. The molecule has 1 saturated carbocycles. The van der Waals surface area contributed by atoms with E-state index in [1.807, 2.05) is 18.2 Å². The summed E-state index contributed by atoms with van der Waals surface area (Å²) in [6.45, 7) is 4.99. The first-order valence-corrected chi connectivity index (χ1v) is 8.01. The van der Waals surface area contributed by atoms with Crippen molar-refractivity contribution < 1.29 is 4.79 Å². The first-order chi connectivity index (χ1) is 9.85. The lowest BCUT2D eigenvalue weighted by atomic mass is 9.85. The van der Waals surface area contributed by atoms with Crippen LogP contribution in [0.15, 0.2) is 24.3 Å². The van der Waals surface area contributed by atoms with Crippen molar-refractivity contribution in [3.63, 3.8) is 0 Å². The van der Waals surface area contributed by atoms with Crippen molar-refractivity contribution in [2.45, 2.75) is 45.6 Å². The summed E-state index contributed by atoms with van der Waals surface area (Å²) < 4.78 is 0. The van der Waals surface area contributed by atoms with E-state index in [2.05, 4.69) is 25.2 Å². The van der Waals surface area contributed by atoms with E-state index in [-0.39, 0.29) is 23.3 Å². The van der Waals surface area contributed by atoms with Crippen LogP contribution in [0.1, 0.15) is 38.7 Å². The van der Waals surface area contributed by atoms with Gasteiger partial charge in [-0.3, -0.25) is 4.79 Å². The Morgan fingerprint density at radius 3 is 2.81 bits per heavy atom. The summed E-state index contributed by atoms with van der Waals surface area (Å²) in [6.07, 6.45) is 3.59. The van der Waals surface area contributed by atoms with Gasteiger partial charge < -0.3 is 11.1 Å². The monoisotopic (exact) mass is 308 g/mol. The number of benzene rings is 1. The number of hydrogen-bond donors (Lipinski definition) is 2. The molecular formula is C17H25ClN2O. The Kier molecular flexibility index (Phi) is 5.28. The maximum absolute atomic E-state index is 12.2. The van der Waals surface area contributed by atoms with Crippen LogP contribution in [0, 0.1) is 11.3 Å². The molecule has 2 unspecified atom stereocenters. The molecular weight excluding hydrogens is 284 g/mol. The topological polar surface area (TPSA) is 55.1 Å². The van der Waals surface area contributed by atoms with Crippen molar-refractivity contribution >= 4 is 17.5 Å². The first-order valence-electron chi connectivity index (χ1n) is 7.63. The smallest absolute Gasteiger partial charge is 0.223 e. The molecule has 0 saturated heterocycles. The zero-order chi connectivity index (χ0) is 15.5. The summed E-state index contributed by atoms with van der Waals surface area (Å²) in [5.41, 5.74) is 7.07. The van der Waals surface area contributed by atoms with Gasteiger partial charge in [-0.15, -0.1) is 0 Å². The number of amides is 1. The van der Waals surface area contributed by atoms with E-state index in [0.717, 1.165) is 30.7 Å². The van der Waals surface area contributed by atoms with Crippen molar-refractivity contribution in [3.8, 4) is 0 Å². The molecule has 3 nitrogen and oxygen atoms in total. The largest absolute Gasteiger partial charge is 0.355 e. The van der Waals surface area contributed by atoms with Gasteiger partial charge in [0.2, 0.25) is 5.91 Å². The van der Waals surface area contributed by atoms with E-state index in [9.17, 15) is 4.79 Å². The highest BCUT2D eigenvalue weighted by Gasteiger charge is 2.29. The number of nitrogens with two attached hydrogens (primary N) is 1. The van der Waals surface area contributed by atoms with Crippen molar-refractivity contribution in [3.05, 3.63) is 34.9 Å². The molecule has 1 aliphatic rings. The molecule has 0 aromatic heterocycles. The summed E-state index contributed by atoms with van der Waals surface area (Å²) in [7, 11) is 0. The third-order valence-corrected chi connectivity index (χ3v) is 4.39. The highest BCUT2D eigenvalue weighted by Crippen LogP contribution is 2.26. The van der Waals surface area contributed by atoms with E-state index in [4.69, 9.17) is 17.3 Å². The van der Waals surface area contributed by atoms with Crippen LogP contribution in [0.2, 0.25) is 5.02 Å². The maximum atomic E-state index is 12.2. The zero-order valence-corrected chi connectivity index (χ0v) is 13.6. The standard InChI is InChI=1S/C17H25ClN2O/c1-17(2,10-12-4-3-5-14(18)8-12)11-20-16(21)13-6-7-15(19)9-13/h3-5,8,13,15H,6-7,9-11,19H2,1-2H3,(H,20,21). The Labute approximate surface area is 132 Å². The molecule has 21 heavy (non-hydrogen) atoms. The Bertz CT molecular complexity index is 501. The van der Waals surface area contributed by atoms with Gasteiger partial charge in [-0.05, 0) is 48.8 Å². The van der Waals surface area contributed by atoms with Crippen LogP contribution in [0.4, 0.5) is 0 Å². The van der Waals surface area contributed by atoms with Crippen molar-refractivity contribution in [2.75, 3.05) is 6.54 Å². The SMILES string of the molecule is CC(C)(CNC(=O)C1CCC(N)C1)Cc1cccc(Cl)c1. The average Bonchev–Trinajstić information content (AvgIpc) is 2.82. The molecule has 4 heteroatoms. The van der Waals surface area contributed by atoms with Gasteiger partial charge in [0, 0.05) is 23.5 Å². The number of carbonyl (C=O) groups is 1. The Hall–Kier alpha value is -1.06. The van der Waals surface area contributed by atoms with Crippen LogP contribution in [-0.4, -0.2) is 18.5 Å². The summed E-state index contributed by atoms with van der Waals surface area (Å²) >= 11 is 6.02. The van der Waals surface area contributed by atoms with Crippen LogP contribution in [0.25, 0.3) is 0 Å². The molecule has 0 heterocycles. The predicted molar refractivity (Wildman–Crippen MR) is 87.3 cm³/mol. The summed E-state index contributed by atoms with van der Waals surface area (Å²) in [5, 5.41) is 3.85. The van der Waals surface area contributed by atoms with Crippen molar-refractivity contribution in [1.82, 2.24) is 5.32 Å². The number of nitrogens with one attached hydrogen (secondary N) is 1. The van der Waals surface area contributed by atoms with Gasteiger partial charge in [0.05, 0.1) is 0 Å². The van der Waals surface area contributed by atoms with Crippen LogP contribution < -0.4 is 11.1 Å². The summed E-state index contributed by atoms with van der Waals surface area (Å²) in [5.74, 6) is 0.254. The van der Waals surface area contributed by atoms with Crippen LogP contribution in [0.5, 0.6) is 0 Å². The van der Waals surface area contributed by atoms with Crippen LogP contribution >= 0.6 is 11.6 Å². The van der Waals surface area contributed by atoms with Gasteiger partial charge in [-0.25, -0.2) is 0 Å². The average molecular weight is 309 g/mol. The highest BCUT2D eigenvalue weighted by atomic mass is 35.5. The molecule has 1 fully saturated rings. The minimum Gasteiger partial charge on any atom is -0.355 e. The lowest BCUT2D eigenvalue weighted by Gasteiger charge is -2.26. The normalized spacial score (nSPS) is 22.3. The quantitative estimate of drug-likeness (QED) is 0.878. The van der Waals surface area contributed by atoms with Crippen LogP contribution in [0.3, 0.4) is 0 Å². The molecule has 1 aromatic carbocycles. The fourth-order valence-electron chi connectivity index (χ4n) is 2.99. The second-order valence-corrected chi connectivity index (χ2v) is 7.40. The fourth-order valence-corrected chi connectivity index (χ4v) is 3.20. The van der Waals surface area contributed by atoms with Gasteiger partial charge in [-0.2, -0.15) is 0 Å². The van der Waals surface area contributed by atoms with Gasteiger partial charge in [-0.1, -0.05) is 37.6 Å². The van der Waals surface area contributed by atoms with E-state index >= 15 is 0 Å². The molecule has 1 aliphatic carbocycles. The summed E-state index contributed by atoms with van der Waals surface area (Å²) in [4.78, 5) is 12.2. The third-order valence-electron chi connectivity index (χ3n) is 4.16. The van der Waals surface area contributed by atoms with Crippen molar-refractivity contribution in [2.24, 2.45) is 17.1 Å². The zero-order valence-electron chi connectivity index (χ0n) is 12.9. The minimum atomic E-state index is 0.00105. The van der Waals surface area contributed by atoms with Gasteiger partial charge in [0.15, 0.2) is 0 Å². The fraction of sp³-hybridized carbons (Fsp3) is 0.588. The molecule has 0 spiro atoms. The van der Waals surface area contributed by atoms with Crippen LogP contribution in [-0.2, 0) is 11.2 Å². The Morgan fingerprint density at radius 1 is 1.43 bits per heavy atom. The van der Waals surface area contributed by atoms with E-state index in [0.29, 0.717) is 6.54 Å². The molecule has 1 aromatic rings. The number of rotatable bonds is 5. The second-order valence-electron chi connectivity index (χ2n) is 6.96. The van der Waals surface area contributed by atoms with Gasteiger partial charge in [0.1, 0.15) is 0 Å². The summed E-state index contributed by atoms with van der Waals surface area (Å²) in [6, 6.07) is 8.10. The van der Waals surface area contributed by atoms with E-state index in [1.54, 1.807) is 0 Å². The second kappa shape index (κ2) is 6.80. The van der Waals surface area contributed by atoms with Gasteiger partial charge in [0.25, 0.3) is 0 Å². The molecule has 0 bridgehead atoms. The molecule has 0 aliphatic heterocycles. The minimum absolute atomic E-state index is 0.00105. The van der Waals surface area contributed by atoms with E-state index < -0.39 is 0 Å². The molecule has 0 radical (unpaired) electrons. The molecule has 3 N–H and O–H groups in total. The molecule has 2 rings (SSSR count). The molecule has 2 atom stereocenters. The molecule has 116 valence electrons. The number of carbonyl (C=O) groups excluding carboxylic acids is 1. The lowest BCUT2D eigenvalue weighted by Crippen LogP contribution is -2.38. The molecule has 1 amide bonds. The highest BCUT2D eigenvalue weighted by molar-refractivity contribution is 6.30. The van der Waals surface area contributed by atoms with Crippen molar-refractivity contribution in [1.29, 1.82) is 0 Å². The number of hydrogen-bond acceptors (Lipinski definition) is 2. The first kappa shape index (κ1) is 16.3. The lowest BCUT2D eigenvalue weighted by molar-refractivity contribution is -0.125. The predicted octanol–water partition coefficient (Wildman–Crippen LogP) is 3.15.